The highest BCUT2D eigenvalue weighted by molar-refractivity contribution is 7.98. The molecule has 1 heterocycles. The van der Waals surface area contributed by atoms with Crippen LogP contribution in [-0.4, -0.2) is 59.3 Å². The Kier molecular flexibility index (Phi) is 14.9. The minimum atomic E-state index is -0.814. The van der Waals surface area contributed by atoms with Crippen LogP contribution in [0, 0.1) is 11.8 Å². The second-order valence-electron chi connectivity index (χ2n) is 11.1. The van der Waals surface area contributed by atoms with Crippen LogP contribution >= 0.6 is 23.5 Å². The van der Waals surface area contributed by atoms with Gasteiger partial charge >= 0.3 is 0 Å². The SMILES string of the molecule is CC[C@@H]1CSCc2cccc(c2)CSCCC(=O)N[C@@H](C)C(=O)N[C@@H](CC(C)C)C(=O)N[C@@H]([C@@H](C)CC)C(=O)N1. The Labute approximate surface area is 248 Å². The lowest BCUT2D eigenvalue weighted by molar-refractivity contribution is -0.134. The van der Waals surface area contributed by atoms with Crippen LogP contribution in [0.5, 0.6) is 0 Å². The second kappa shape index (κ2) is 17.6. The van der Waals surface area contributed by atoms with Crippen LogP contribution in [0.3, 0.4) is 0 Å². The third-order valence-corrected chi connectivity index (χ3v) is 9.27. The standard InChI is InChI=1S/C30H48N4O4S2/c1-7-20(5)27-30(38)32-24(8-2)18-40-17-23-11-9-10-22(15-23)16-39-13-12-26(35)31-21(6)28(36)33-25(14-19(3)4)29(37)34-27/h9-11,15,19-21,24-25,27H,7-8,12-14,16-18H2,1-6H3,(H,31,35)(H,32,38)(H,33,36)(H,34,37)/t20-,21-,24+,25-,27-/m0/s1. The molecule has 4 amide bonds. The molecular weight excluding hydrogens is 544 g/mol. The first-order valence-electron chi connectivity index (χ1n) is 14.5. The second-order valence-corrected chi connectivity index (χ2v) is 13.2. The van der Waals surface area contributed by atoms with E-state index in [0.29, 0.717) is 25.0 Å². The number of hydrogen-bond acceptors (Lipinski definition) is 6. The molecule has 2 rings (SSSR count). The summed E-state index contributed by atoms with van der Waals surface area (Å²) in [6.45, 7) is 11.6. The van der Waals surface area contributed by atoms with Gasteiger partial charge in [0.25, 0.3) is 0 Å². The van der Waals surface area contributed by atoms with Crippen molar-refractivity contribution in [3.63, 3.8) is 0 Å². The predicted molar refractivity (Wildman–Crippen MR) is 166 cm³/mol. The third-order valence-electron chi connectivity index (χ3n) is 7.06. The molecule has 8 nitrogen and oxygen atoms in total. The van der Waals surface area contributed by atoms with Gasteiger partial charge in [-0.1, -0.05) is 65.3 Å². The summed E-state index contributed by atoms with van der Waals surface area (Å²) in [5.74, 6) is 1.88. The van der Waals surface area contributed by atoms with Crippen molar-refractivity contribution < 1.29 is 19.2 Å². The van der Waals surface area contributed by atoms with E-state index in [4.69, 9.17) is 0 Å². The van der Waals surface area contributed by atoms with Gasteiger partial charge in [0.15, 0.2) is 0 Å². The summed E-state index contributed by atoms with van der Waals surface area (Å²) in [4.78, 5) is 52.3. The molecule has 0 unspecified atom stereocenters. The first kappa shape index (κ1) is 34.0. The summed E-state index contributed by atoms with van der Waals surface area (Å²) in [6, 6.07) is 6.12. The zero-order valence-electron chi connectivity index (χ0n) is 24.9. The largest absolute Gasteiger partial charge is 0.351 e. The highest BCUT2D eigenvalue weighted by Crippen LogP contribution is 2.20. The molecule has 4 N–H and O–H groups in total. The van der Waals surface area contributed by atoms with E-state index in [9.17, 15) is 19.2 Å². The van der Waals surface area contributed by atoms with Crippen LogP contribution < -0.4 is 21.3 Å². The molecule has 0 fully saturated rings. The van der Waals surface area contributed by atoms with Gasteiger partial charge in [0, 0.05) is 35.5 Å². The lowest BCUT2D eigenvalue weighted by Crippen LogP contribution is -2.58. The molecule has 5 atom stereocenters. The number of hydrogen-bond donors (Lipinski definition) is 4. The zero-order valence-corrected chi connectivity index (χ0v) is 26.5. The molecule has 1 aromatic carbocycles. The first-order valence-corrected chi connectivity index (χ1v) is 16.8. The van der Waals surface area contributed by atoms with Gasteiger partial charge in [-0.3, -0.25) is 19.2 Å². The highest BCUT2D eigenvalue weighted by atomic mass is 32.2. The Balaban J connectivity index is 2.28. The van der Waals surface area contributed by atoms with E-state index in [-0.39, 0.29) is 35.6 Å². The van der Waals surface area contributed by atoms with Crippen LogP contribution in [0.4, 0.5) is 0 Å². The van der Waals surface area contributed by atoms with Gasteiger partial charge in [-0.15, -0.1) is 0 Å². The zero-order chi connectivity index (χ0) is 29.7. The van der Waals surface area contributed by atoms with Crippen LogP contribution in [0.2, 0.25) is 0 Å². The molecule has 0 radical (unpaired) electrons. The Morgan fingerprint density at radius 3 is 2.17 bits per heavy atom. The fraction of sp³-hybridized carbons (Fsp3) is 0.667. The van der Waals surface area contributed by atoms with Crippen LogP contribution in [0.1, 0.15) is 78.4 Å². The number of fused-ring (bicyclic) bond motifs is 2. The number of carbonyl (C=O) groups is 4. The van der Waals surface area contributed by atoms with Crippen molar-refractivity contribution in [3.8, 4) is 0 Å². The Hall–Kier alpha value is -2.20. The lowest BCUT2D eigenvalue weighted by Gasteiger charge is -2.29. The Bertz CT molecular complexity index is 990. The monoisotopic (exact) mass is 592 g/mol. The molecule has 0 aromatic heterocycles. The maximum absolute atomic E-state index is 13.4. The van der Waals surface area contributed by atoms with Gasteiger partial charge in [-0.2, -0.15) is 23.5 Å². The molecule has 0 saturated heterocycles. The summed E-state index contributed by atoms with van der Waals surface area (Å²) in [5, 5.41) is 11.7. The van der Waals surface area contributed by atoms with Crippen LogP contribution in [-0.2, 0) is 30.7 Å². The van der Waals surface area contributed by atoms with Crippen molar-refractivity contribution in [3.05, 3.63) is 35.4 Å². The maximum atomic E-state index is 13.4. The fourth-order valence-corrected chi connectivity index (χ4v) is 6.40. The first-order chi connectivity index (χ1) is 19.0. The van der Waals surface area contributed by atoms with Crippen molar-refractivity contribution in [1.29, 1.82) is 0 Å². The van der Waals surface area contributed by atoms with E-state index in [1.54, 1.807) is 30.4 Å². The van der Waals surface area contributed by atoms with Crippen molar-refractivity contribution >= 4 is 47.2 Å². The smallest absolute Gasteiger partial charge is 0.243 e. The number of nitrogens with one attached hydrogen (secondary N) is 4. The molecular formula is C30H48N4O4S2. The molecule has 1 aliphatic rings. The lowest BCUT2D eigenvalue weighted by atomic mass is 9.96. The van der Waals surface area contributed by atoms with Crippen molar-refractivity contribution in [2.45, 2.75) is 103 Å². The quantitative estimate of drug-likeness (QED) is 0.411. The number of benzene rings is 1. The van der Waals surface area contributed by atoms with Crippen LogP contribution in [0.25, 0.3) is 0 Å². The van der Waals surface area contributed by atoms with Gasteiger partial charge in [-0.25, -0.2) is 0 Å². The van der Waals surface area contributed by atoms with Crippen molar-refractivity contribution in [2.75, 3.05) is 11.5 Å². The summed E-state index contributed by atoms with van der Waals surface area (Å²) >= 11 is 3.46. The van der Waals surface area contributed by atoms with Gasteiger partial charge < -0.3 is 21.3 Å². The van der Waals surface area contributed by atoms with Gasteiger partial charge in [0.05, 0.1) is 0 Å². The van der Waals surface area contributed by atoms with Crippen molar-refractivity contribution in [2.24, 2.45) is 11.8 Å². The molecule has 0 aliphatic carbocycles. The summed E-state index contributed by atoms with van der Waals surface area (Å²) in [7, 11) is 0. The molecule has 1 aromatic rings. The number of rotatable bonds is 5. The van der Waals surface area contributed by atoms with Gasteiger partial charge in [0.2, 0.25) is 23.6 Å². The fourth-order valence-electron chi connectivity index (χ4n) is 4.37. The Morgan fingerprint density at radius 1 is 0.875 bits per heavy atom. The summed E-state index contributed by atoms with van der Waals surface area (Å²) in [6.07, 6.45) is 2.21. The van der Waals surface area contributed by atoms with E-state index in [2.05, 4.69) is 52.5 Å². The topological polar surface area (TPSA) is 116 Å². The third kappa shape index (κ3) is 11.7. The number of carbonyl (C=O) groups excluding carboxylic acids is 4. The van der Waals surface area contributed by atoms with E-state index >= 15 is 0 Å². The molecule has 1 aliphatic heterocycles. The minimum Gasteiger partial charge on any atom is -0.351 e. The van der Waals surface area contributed by atoms with E-state index in [0.717, 1.165) is 23.7 Å². The van der Waals surface area contributed by atoms with Crippen molar-refractivity contribution in [1.82, 2.24) is 21.3 Å². The van der Waals surface area contributed by atoms with Crippen LogP contribution in [0.15, 0.2) is 24.3 Å². The van der Waals surface area contributed by atoms with Gasteiger partial charge in [-0.05, 0) is 42.7 Å². The molecule has 2 bridgehead atoms. The normalized spacial score (nSPS) is 25.5. The summed E-state index contributed by atoms with van der Waals surface area (Å²) < 4.78 is 0. The summed E-state index contributed by atoms with van der Waals surface area (Å²) in [5.41, 5.74) is 2.44. The molecule has 10 heteroatoms. The highest BCUT2D eigenvalue weighted by Gasteiger charge is 2.32. The molecule has 224 valence electrons. The molecule has 40 heavy (non-hydrogen) atoms. The predicted octanol–water partition coefficient (Wildman–Crippen LogP) is 4.02. The minimum absolute atomic E-state index is 0.0202. The molecule has 0 spiro atoms. The van der Waals surface area contributed by atoms with E-state index in [1.165, 1.54) is 11.1 Å². The van der Waals surface area contributed by atoms with E-state index in [1.807, 2.05) is 27.7 Å². The number of amides is 4. The van der Waals surface area contributed by atoms with E-state index < -0.39 is 24.0 Å². The van der Waals surface area contributed by atoms with Gasteiger partial charge in [0.1, 0.15) is 18.1 Å². The maximum Gasteiger partial charge on any atom is 0.243 e. The Morgan fingerprint density at radius 2 is 1.55 bits per heavy atom. The number of thioether (sulfide) groups is 2. The average molecular weight is 593 g/mol. The average Bonchev–Trinajstić information content (AvgIpc) is 2.91. The molecule has 0 saturated carbocycles.